The van der Waals surface area contributed by atoms with E-state index < -0.39 is 53.7 Å². The third-order valence-corrected chi connectivity index (χ3v) is 5.92. The molecule has 0 aliphatic heterocycles. The number of para-hydroxylation sites is 1. The highest BCUT2D eigenvalue weighted by molar-refractivity contribution is 5.83. The molecule has 2 aromatic carbocycles. The number of nitrogens with zero attached hydrogens (tertiary/aromatic N) is 1. The van der Waals surface area contributed by atoms with E-state index >= 15 is 0 Å². The van der Waals surface area contributed by atoms with E-state index in [-0.39, 0.29) is 0 Å². The lowest BCUT2D eigenvalue weighted by molar-refractivity contribution is -0.312. The molecule has 1 aliphatic carbocycles. The van der Waals surface area contributed by atoms with Crippen LogP contribution in [0.1, 0.15) is 25.5 Å². The average molecular weight is 541 g/mol. The Bertz CT molecular complexity index is 1220. The van der Waals surface area contributed by atoms with Crippen molar-refractivity contribution in [2.45, 2.75) is 38.4 Å². The SMILES string of the molecule is CC1(C)C(/C=C/C(=O)OC(C(F)(F)F)C(F)(F)F)C1C(=O)O[C@H](C#N)c1cccc(Oc2ccccc2)c1. The first-order chi connectivity index (χ1) is 17.6. The molecule has 0 N–H and O–H groups in total. The molecule has 3 rings (SSSR count). The molecule has 38 heavy (non-hydrogen) atoms. The zero-order valence-corrected chi connectivity index (χ0v) is 19.9. The van der Waals surface area contributed by atoms with Crippen molar-refractivity contribution < 1.29 is 50.1 Å². The summed E-state index contributed by atoms with van der Waals surface area (Å²) in [6, 6.07) is 16.9. The molecule has 6 nitrogen and oxygen atoms in total. The quantitative estimate of drug-likeness (QED) is 0.217. The minimum Gasteiger partial charge on any atom is -0.457 e. The highest BCUT2D eigenvalue weighted by atomic mass is 19.4. The summed E-state index contributed by atoms with van der Waals surface area (Å²) < 4.78 is 90.2. The Kier molecular flexibility index (Phi) is 8.09. The molecule has 1 fully saturated rings. The van der Waals surface area contributed by atoms with Crippen molar-refractivity contribution in [2.24, 2.45) is 17.3 Å². The number of rotatable bonds is 8. The number of carbonyl (C=O) groups is 2. The number of benzene rings is 2. The van der Waals surface area contributed by atoms with Gasteiger partial charge in [0.2, 0.25) is 6.10 Å². The van der Waals surface area contributed by atoms with Crippen LogP contribution in [0.15, 0.2) is 66.7 Å². The number of halogens is 6. The van der Waals surface area contributed by atoms with Gasteiger partial charge in [-0.3, -0.25) is 4.79 Å². The van der Waals surface area contributed by atoms with Gasteiger partial charge in [0.1, 0.15) is 17.6 Å². The predicted molar refractivity (Wildman–Crippen MR) is 119 cm³/mol. The number of allylic oxidation sites excluding steroid dienone is 1. The van der Waals surface area contributed by atoms with E-state index in [1.807, 2.05) is 6.07 Å². The third-order valence-electron chi connectivity index (χ3n) is 5.92. The molecule has 202 valence electrons. The van der Waals surface area contributed by atoms with Gasteiger partial charge in [-0.15, -0.1) is 0 Å². The summed E-state index contributed by atoms with van der Waals surface area (Å²) in [7, 11) is 0. The summed E-state index contributed by atoms with van der Waals surface area (Å²) >= 11 is 0. The maximum absolute atomic E-state index is 12.8. The van der Waals surface area contributed by atoms with Crippen LogP contribution in [0.5, 0.6) is 11.5 Å². The average Bonchev–Trinajstić information content (AvgIpc) is 3.39. The summed E-state index contributed by atoms with van der Waals surface area (Å²) in [5.41, 5.74) is -0.534. The lowest BCUT2D eigenvalue weighted by Gasteiger charge is -2.22. The number of ether oxygens (including phenoxy) is 3. The molecule has 3 atom stereocenters. The lowest BCUT2D eigenvalue weighted by Crippen LogP contribution is -2.45. The van der Waals surface area contributed by atoms with Crippen molar-refractivity contribution in [3.8, 4) is 17.6 Å². The van der Waals surface area contributed by atoms with E-state index in [1.165, 1.54) is 6.07 Å². The van der Waals surface area contributed by atoms with Crippen LogP contribution in [0.3, 0.4) is 0 Å². The van der Waals surface area contributed by atoms with Gasteiger partial charge < -0.3 is 14.2 Å². The summed E-state index contributed by atoms with van der Waals surface area (Å²) in [6.45, 7) is 3.17. The van der Waals surface area contributed by atoms with Crippen LogP contribution in [-0.2, 0) is 19.1 Å². The van der Waals surface area contributed by atoms with E-state index in [0.717, 1.165) is 6.08 Å². The Balaban J connectivity index is 1.65. The van der Waals surface area contributed by atoms with Crippen LogP contribution in [0.2, 0.25) is 0 Å². The maximum Gasteiger partial charge on any atom is 0.434 e. The third kappa shape index (κ3) is 6.85. The minimum atomic E-state index is -5.84. The molecule has 0 aromatic heterocycles. The molecule has 0 radical (unpaired) electrons. The first-order valence-corrected chi connectivity index (χ1v) is 11.1. The van der Waals surface area contributed by atoms with E-state index in [9.17, 15) is 41.2 Å². The van der Waals surface area contributed by atoms with E-state index in [1.54, 1.807) is 62.4 Å². The number of carbonyl (C=O) groups excluding carboxylic acids is 2. The van der Waals surface area contributed by atoms with Crippen molar-refractivity contribution in [3.63, 3.8) is 0 Å². The molecule has 0 bridgehead atoms. The molecule has 1 aliphatic rings. The van der Waals surface area contributed by atoms with Gasteiger partial charge >= 0.3 is 24.3 Å². The van der Waals surface area contributed by atoms with Gasteiger partial charge in [-0.25, -0.2) is 4.79 Å². The number of hydrogen-bond donors (Lipinski definition) is 0. The highest BCUT2D eigenvalue weighted by Crippen LogP contribution is 2.59. The lowest BCUT2D eigenvalue weighted by atomic mass is 10.1. The van der Waals surface area contributed by atoms with Crippen LogP contribution in [0.4, 0.5) is 26.3 Å². The summed E-state index contributed by atoms with van der Waals surface area (Å²) in [5.74, 6) is -3.45. The van der Waals surface area contributed by atoms with Crippen molar-refractivity contribution in [2.75, 3.05) is 0 Å². The Morgan fingerprint density at radius 3 is 2.13 bits per heavy atom. The summed E-state index contributed by atoms with van der Waals surface area (Å²) in [5, 5.41) is 9.57. The summed E-state index contributed by atoms with van der Waals surface area (Å²) in [6.07, 6.45) is -15.9. The second kappa shape index (κ2) is 10.8. The number of hydrogen-bond acceptors (Lipinski definition) is 6. The molecular formula is C26H21F6NO5. The van der Waals surface area contributed by atoms with Crippen LogP contribution in [0, 0.1) is 28.6 Å². The topological polar surface area (TPSA) is 85.6 Å². The first-order valence-electron chi connectivity index (χ1n) is 11.1. The molecule has 12 heteroatoms. The fourth-order valence-electron chi connectivity index (χ4n) is 3.87. The van der Waals surface area contributed by atoms with Gasteiger partial charge in [-0.05, 0) is 35.6 Å². The van der Waals surface area contributed by atoms with Gasteiger partial charge in [0.05, 0.1) is 5.92 Å². The maximum atomic E-state index is 12.8. The number of nitriles is 1. The van der Waals surface area contributed by atoms with Gasteiger partial charge in [-0.2, -0.15) is 31.6 Å². The smallest absolute Gasteiger partial charge is 0.434 e. The highest BCUT2D eigenvalue weighted by Gasteiger charge is 2.62. The van der Waals surface area contributed by atoms with E-state index in [0.29, 0.717) is 23.1 Å². The van der Waals surface area contributed by atoms with Gasteiger partial charge in [-0.1, -0.05) is 50.3 Å². The second-order valence-corrected chi connectivity index (χ2v) is 9.02. The molecule has 0 amide bonds. The van der Waals surface area contributed by atoms with Crippen LogP contribution in [0.25, 0.3) is 0 Å². The monoisotopic (exact) mass is 541 g/mol. The Morgan fingerprint density at radius 2 is 1.55 bits per heavy atom. The van der Waals surface area contributed by atoms with E-state index in [4.69, 9.17) is 9.47 Å². The second-order valence-electron chi connectivity index (χ2n) is 9.02. The first kappa shape index (κ1) is 28.6. The van der Waals surface area contributed by atoms with Gasteiger partial charge in [0, 0.05) is 11.6 Å². The Hall–Kier alpha value is -4.01. The fourth-order valence-corrected chi connectivity index (χ4v) is 3.87. The van der Waals surface area contributed by atoms with Crippen molar-refractivity contribution in [1.82, 2.24) is 0 Å². The van der Waals surface area contributed by atoms with Crippen LogP contribution in [-0.4, -0.2) is 30.4 Å². The largest absolute Gasteiger partial charge is 0.457 e. The normalized spacial score (nSPS) is 19.5. The molecule has 0 saturated heterocycles. The Morgan fingerprint density at radius 1 is 0.947 bits per heavy atom. The molecule has 0 heterocycles. The molecule has 2 aromatic rings. The summed E-state index contributed by atoms with van der Waals surface area (Å²) in [4.78, 5) is 24.4. The fraction of sp³-hybridized carbons (Fsp3) is 0.346. The van der Waals surface area contributed by atoms with Crippen molar-refractivity contribution in [3.05, 3.63) is 72.3 Å². The van der Waals surface area contributed by atoms with Crippen LogP contribution < -0.4 is 4.74 Å². The van der Waals surface area contributed by atoms with Crippen molar-refractivity contribution in [1.29, 1.82) is 5.26 Å². The zero-order chi connectivity index (χ0) is 28.3. The Labute approximate surface area is 213 Å². The van der Waals surface area contributed by atoms with Crippen LogP contribution >= 0.6 is 0 Å². The van der Waals surface area contributed by atoms with Crippen molar-refractivity contribution >= 4 is 11.9 Å². The van der Waals surface area contributed by atoms with Gasteiger partial charge in [0.25, 0.3) is 6.10 Å². The molecule has 1 saturated carbocycles. The standard InChI is InChI=1S/C26H21F6NO5/c1-24(2)18(11-12-20(34)38-23(25(27,28)29)26(30,31)32)21(24)22(35)37-19(14-33)15-7-6-10-17(13-15)36-16-8-4-3-5-9-16/h3-13,18-19,21,23H,1-2H3/b12-11+/t18?,19-,21?/m1/s1. The predicted octanol–water partition coefficient (Wildman–Crippen LogP) is 6.45. The van der Waals surface area contributed by atoms with E-state index in [2.05, 4.69) is 4.74 Å². The minimum absolute atomic E-state index is 0.314. The number of esters is 2. The number of alkyl halides is 6. The molecule has 2 unspecified atom stereocenters. The molecule has 0 spiro atoms. The molecular weight excluding hydrogens is 520 g/mol. The van der Waals surface area contributed by atoms with Gasteiger partial charge in [0.15, 0.2) is 0 Å². The zero-order valence-electron chi connectivity index (χ0n) is 19.9.